The van der Waals surface area contributed by atoms with Crippen molar-refractivity contribution < 1.29 is 0 Å². The zero-order valence-corrected chi connectivity index (χ0v) is 20.2. The second kappa shape index (κ2) is 9.41. The first-order valence-electron chi connectivity index (χ1n) is 10.2. The summed E-state index contributed by atoms with van der Waals surface area (Å²) in [6.07, 6.45) is 0. The monoisotopic (exact) mass is 474 g/mol. The lowest BCUT2D eigenvalue weighted by molar-refractivity contribution is 1.08. The van der Waals surface area contributed by atoms with Crippen molar-refractivity contribution in [2.75, 3.05) is 5.75 Å². The molecule has 4 heteroatoms. The Kier molecular flexibility index (Phi) is 6.42. The van der Waals surface area contributed by atoms with Crippen LogP contribution in [0, 0.1) is 0 Å². The first kappa shape index (κ1) is 21.1. The van der Waals surface area contributed by atoms with Gasteiger partial charge in [0.25, 0.3) is 0 Å². The van der Waals surface area contributed by atoms with Gasteiger partial charge in [-0.15, -0.1) is 23.5 Å². The zero-order chi connectivity index (χ0) is 21.0. The summed E-state index contributed by atoms with van der Waals surface area (Å²) in [6.45, 7) is 0. The van der Waals surface area contributed by atoms with E-state index in [4.69, 9.17) is 0 Å². The molecule has 0 amide bonds. The van der Waals surface area contributed by atoms with Crippen molar-refractivity contribution in [3.05, 3.63) is 132 Å². The van der Waals surface area contributed by atoms with Crippen LogP contribution in [0.25, 0.3) is 0 Å². The average Bonchev–Trinajstić information content (AvgIpc) is 3.21. The van der Waals surface area contributed by atoms with E-state index in [1.165, 1.54) is 20.9 Å². The lowest BCUT2D eigenvalue weighted by Crippen LogP contribution is -2.20. The van der Waals surface area contributed by atoms with Gasteiger partial charge in [-0.2, -0.15) is 0 Å². The molecule has 0 unspecified atom stereocenters. The molecule has 0 bridgehead atoms. The Morgan fingerprint density at radius 1 is 0.516 bits per heavy atom. The van der Waals surface area contributed by atoms with Crippen molar-refractivity contribution in [1.82, 2.24) is 0 Å². The third-order valence-electron chi connectivity index (χ3n) is 5.09. The number of rotatable bonds is 6. The lowest BCUT2D eigenvalue weighted by atomic mass is 10.0. The molecular weight excluding hydrogens is 453 g/mol. The van der Waals surface area contributed by atoms with Crippen molar-refractivity contribution in [2.24, 2.45) is 0 Å². The van der Waals surface area contributed by atoms with Crippen molar-refractivity contribution in [2.45, 2.75) is 17.3 Å². The number of hydrogen-bond donors (Lipinski definition) is 0. The lowest BCUT2D eigenvalue weighted by Gasteiger charge is -2.33. The van der Waals surface area contributed by atoms with E-state index < -0.39 is 0 Å². The van der Waals surface area contributed by atoms with E-state index in [2.05, 4.69) is 145 Å². The van der Waals surface area contributed by atoms with Gasteiger partial charge in [-0.25, -0.2) is 0 Å². The number of thioether (sulfide) groups is 4. The zero-order valence-electron chi connectivity index (χ0n) is 16.9. The Morgan fingerprint density at radius 3 is 1.32 bits per heavy atom. The molecular formula is C27H22S4. The smallest absolute Gasteiger partial charge is 0.127 e. The SMILES string of the molecule is c1ccc(SC2(Sc3ccccc3)CSC(c3ccccc3)(c3ccccc3)S2)cc1. The second-order valence-electron chi connectivity index (χ2n) is 7.25. The van der Waals surface area contributed by atoms with Crippen LogP contribution in [0.15, 0.2) is 131 Å². The summed E-state index contributed by atoms with van der Waals surface area (Å²) in [5.74, 6) is 1.04. The fourth-order valence-electron chi connectivity index (χ4n) is 3.69. The number of benzene rings is 4. The van der Waals surface area contributed by atoms with E-state index in [1.54, 1.807) is 0 Å². The molecule has 1 aliphatic rings. The first-order valence-corrected chi connectivity index (χ1v) is 13.6. The third kappa shape index (κ3) is 4.58. The summed E-state index contributed by atoms with van der Waals surface area (Å²) >= 11 is 8.13. The van der Waals surface area contributed by atoms with E-state index >= 15 is 0 Å². The van der Waals surface area contributed by atoms with Gasteiger partial charge in [-0.05, 0) is 35.4 Å². The number of hydrogen-bond acceptors (Lipinski definition) is 4. The minimum atomic E-state index is -0.133. The summed E-state index contributed by atoms with van der Waals surface area (Å²) in [4.78, 5) is 2.63. The molecule has 31 heavy (non-hydrogen) atoms. The van der Waals surface area contributed by atoms with E-state index in [9.17, 15) is 0 Å². The van der Waals surface area contributed by atoms with Crippen molar-refractivity contribution in [3.8, 4) is 0 Å². The van der Waals surface area contributed by atoms with Crippen LogP contribution in [-0.4, -0.2) is 9.16 Å². The molecule has 4 aromatic rings. The quantitative estimate of drug-likeness (QED) is 0.256. The van der Waals surface area contributed by atoms with Crippen molar-refractivity contribution >= 4 is 47.0 Å². The van der Waals surface area contributed by atoms with Gasteiger partial charge in [0, 0.05) is 15.5 Å². The Balaban J connectivity index is 1.59. The fraction of sp³-hybridized carbons (Fsp3) is 0.111. The second-order valence-corrected chi connectivity index (χ2v) is 13.7. The Hall–Kier alpha value is -1.72. The standard InChI is InChI=1S/C27H22S4/c1-5-13-22(14-6-1)27(23-15-7-2-8-16-23)28-21-26(31-27,29-24-17-9-3-10-18-24)30-25-19-11-4-12-20-25/h1-20H,21H2. The maximum absolute atomic E-state index is 2.28. The van der Waals surface area contributed by atoms with Crippen LogP contribution < -0.4 is 0 Å². The minimum absolute atomic E-state index is 0.0426. The van der Waals surface area contributed by atoms with Gasteiger partial charge in [0.05, 0.1) is 0 Å². The van der Waals surface area contributed by atoms with Crippen molar-refractivity contribution in [1.29, 1.82) is 0 Å². The summed E-state index contributed by atoms with van der Waals surface area (Å²) in [6, 6.07) is 43.6. The summed E-state index contributed by atoms with van der Waals surface area (Å²) in [5.41, 5.74) is 2.72. The van der Waals surface area contributed by atoms with Gasteiger partial charge < -0.3 is 0 Å². The molecule has 0 N–H and O–H groups in total. The molecule has 0 spiro atoms. The van der Waals surface area contributed by atoms with Crippen LogP contribution >= 0.6 is 47.0 Å². The van der Waals surface area contributed by atoms with E-state index in [0.717, 1.165) is 5.75 Å². The molecule has 4 aromatic carbocycles. The van der Waals surface area contributed by atoms with E-state index in [1.807, 2.05) is 23.5 Å². The Labute approximate surface area is 201 Å². The maximum Gasteiger partial charge on any atom is 0.127 e. The van der Waals surface area contributed by atoms with Gasteiger partial charge >= 0.3 is 0 Å². The molecule has 154 valence electrons. The molecule has 5 rings (SSSR count). The topological polar surface area (TPSA) is 0 Å². The molecule has 1 heterocycles. The predicted octanol–water partition coefficient (Wildman–Crippen LogP) is 8.61. The van der Waals surface area contributed by atoms with Gasteiger partial charge in [-0.1, -0.05) is 121 Å². The van der Waals surface area contributed by atoms with Crippen LogP contribution in [0.5, 0.6) is 0 Å². The first-order chi connectivity index (χ1) is 15.3. The van der Waals surface area contributed by atoms with Gasteiger partial charge in [0.2, 0.25) is 0 Å². The van der Waals surface area contributed by atoms with Gasteiger partial charge in [-0.3, -0.25) is 0 Å². The molecule has 0 saturated carbocycles. The Morgan fingerprint density at radius 2 is 0.903 bits per heavy atom. The molecule has 1 fully saturated rings. The highest BCUT2D eigenvalue weighted by molar-refractivity contribution is 8.40. The maximum atomic E-state index is 2.28. The van der Waals surface area contributed by atoms with E-state index in [0.29, 0.717) is 0 Å². The predicted molar refractivity (Wildman–Crippen MR) is 141 cm³/mol. The third-order valence-corrected chi connectivity index (χ3v) is 12.3. The van der Waals surface area contributed by atoms with Crippen LogP contribution in [0.3, 0.4) is 0 Å². The largest absolute Gasteiger partial charge is 0.131 e. The molecule has 0 nitrogen and oxygen atoms in total. The van der Waals surface area contributed by atoms with Crippen LogP contribution in [-0.2, 0) is 4.08 Å². The van der Waals surface area contributed by atoms with Crippen LogP contribution in [0.4, 0.5) is 0 Å². The molecule has 0 atom stereocenters. The highest BCUT2D eigenvalue weighted by Gasteiger charge is 2.53. The molecule has 1 aliphatic heterocycles. The minimum Gasteiger partial charge on any atom is -0.131 e. The highest BCUT2D eigenvalue weighted by Crippen LogP contribution is 2.71. The van der Waals surface area contributed by atoms with Crippen LogP contribution in [0.2, 0.25) is 0 Å². The van der Waals surface area contributed by atoms with Gasteiger partial charge in [0.15, 0.2) is 0 Å². The van der Waals surface area contributed by atoms with E-state index in [-0.39, 0.29) is 7.49 Å². The fourth-order valence-corrected chi connectivity index (χ4v) is 11.7. The van der Waals surface area contributed by atoms with Gasteiger partial charge in [0.1, 0.15) is 7.49 Å². The molecule has 0 aliphatic carbocycles. The highest BCUT2D eigenvalue weighted by atomic mass is 32.3. The van der Waals surface area contributed by atoms with Crippen molar-refractivity contribution in [3.63, 3.8) is 0 Å². The Bertz CT molecular complexity index is 1020. The average molecular weight is 475 g/mol. The van der Waals surface area contributed by atoms with Crippen LogP contribution in [0.1, 0.15) is 11.1 Å². The summed E-state index contributed by atoms with van der Waals surface area (Å²) in [7, 11) is 0. The summed E-state index contributed by atoms with van der Waals surface area (Å²) < 4.78 is -0.175. The molecule has 0 radical (unpaired) electrons. The summed E-state index contributed by atoms with van der Waals surface area (Å²) in [5, 5.41) is 0. The molecule has 1 saturated heterocycles. The normalized spacial score (nSPS) is 16.8. The molecule has 0 aromatic heterocycles.